The van der Waals surface area contributed by atoms with Crippen LogP contribution in [0, 0.1) is 29.4 Å². The Bertz CT molecular complexity index is 1530. The van der Waals surface area contributed by atoms with Crippen molar-refractivity contribution in [1.82, 2.24) is 15.0 Å². The van der Waals surface area contributed by atoms with Gasteiger partial charge in [-0.3, -0.25) is 4.79 Å². The number of carboxylic acids is 1. The van der Waals surface area contributed by atoms with E-state index in [1.165, 1.54) is 6.07 Å². The van der Waals surface area contributed by atoms with Gasteiger partial charge in [-0.1, -0.05) is 32.9 Å². The number of benzene rings is 2. The smallest absolute Gasteiger partial charge is 0.308 e. The highest BCUT2D eigenvalue weighted by Gasteiger charge is 2.47. The number of nitrogens with zero attached hydrogens (tertiary/aromatic N) is 2. The van der Waals surface area contributed by atoms with Crippen molar-refractivity contribution in [1.29, 1.82) is 0 Å². The molecule has 3 aliphatic rings. The van der Waals surface area contributed by atoms with Crippen molar-refractivity contribution < 1.29 is 18.7 Å². The number of para-hydroxylation sites is 1. The molecule has 3 fully saturated rings. The van der Waals surface area contributed by atoms with E-state index in [0.717, 1.165) is 48.2 Å². The second-order valence-electron chi connectivity index (χ2n) is 11.6. The van der Waals surface area contributed by atoms with Gasteiger partial charge in [0.1, 0.15) is 17.5 Å². The first-order valence-corrected chi connectivity index (χ1v) is 12.9. The first-order chi connectivity index (χ1) is 17.6. The predicted octanol–water partition coefficient (Wildman–Crippen LogP) is 6.66. The van der Waals surface area contributed by atoms with Crippen molar-refractivity contribution in [3.63, 3.8) is 0 Å². The van der Waals surface area contributed by atoms with E-state index >= 15 is 0 Å². The molecular formula is C29H30F2N4O2. The first-order valence-electron chi connectivity index (χ1n) is 12.9. The zero-order valence-electron chi connectivity index (χ0n) is 21.1. The lowest BCUT2D eigenvalue weighted by atomic mass is 9.61. The van der Waals surface area contributed by atoms with Gasteiger partial charge in [-0.25, -0.2) is 18.7 Å². The molecule has 3 aliphatic carbocycles. The largest absolute Gasteiger partial charge is 0.481 e. The number of halogens is 2. The lowest BCUT2D eigenvalue weighted by molar-refractivity contribution is -0.148. The Labute approximate surface area is 213 Å². The highest BCUT2D eigenvalue weighted by atomic mass is 19.1. The molecule has 2 aromatic heterocycles. The summed E-state index contributed by atoms with van der Waals surface area (Å²) in [4.78, 5) is 25.0. The lowest BCUT2D eigenvalue weighted by Crippen LogP contribution is -2.51. The third-order valence-electron chi connectivity index (χ3n) is 8.29. The Balaban J connectivity index is 1.57. The van der Waals surface area contributed by atoms with Crippen LogP contribution in [-0.4, -0.2) is 32.1 Å². The Morgan fingerprint density at radius 3 is 2.49 bits per heavy atom. The number of aromatic nitrogens is 3. The van der Waals surface area contributed by atoms with E-state index < -0.39 is 23.5 Å². The second-order valence-corrected chi connectivity index (χ2v) is 11.6. The molecule has 0 unspecified atom stereocenters. The van der Waals surface area contributed by atoms with Crippen molar-refractivity contribution >= 4 is 33.6 Å². The summed E-state index contributed by atoms with van der Waals surface area (Å²) in [5, 5.41) is 14.8. The number of aliphatic carboxylic acids is 1. The number of aromatic amines is 1. The third kappa shape index (κ3) is 3.93. The molecule has 37 heavy (non-hydrogen) atoms. The van der Waals surface area contributed by atoms with Gasteiger partial charge in [0.15, 0.2) is 5.82 Å². The summed E-state index contributed by atoms with van der Waals surface area (Å²) in [6.07, 6.45) is 5.47. The van der Waals surface area contributed by atoms with Gasteiger partial charge in [0, 0.05) is 34.6 Å². The average molecular weight is 505 g/mol. The minimum absolute atomic E-state index is 0.150. The van der Waals surface area contributed by atoms with E-state index in [-0.39, 0.29) is 28.8 Å². The number of carbonyl (C=O) groups is 1. The second kappa shape index (κ2) is 8.50. The average Bonchev–Trinajstić information content (AvgIpc) is 3.27. The molecule has 6 nitrogen and oxygen atoms in total. The number of carboxylic acid groups (broad SMARTS) is 1. The number of hydrogen-bond donors (Lipinski definition) is 3. The van der Waals surface area contributed by atoms with Crippen molar-refractivity contribution in [2.75, 3.05) is 5.32 Å². The molecule has 3 saturated carbocycles. The summed E-state index contributed by atoms with van der Waals surface area (Å²) < 4.78 is 28.6. The predicted molar refractivity (Wildman–Crippen MR) is 139 cm³/mol. The standard InChI is InChI=1S/C29H30F2N4O2/c1-29(2,3)20-6-4-5-17-24(20)34-27(19-13-32-25-18(19)11-16(30)12-21(25)31)35-26(17)33-23-15-9-7-14(8-10-15)22(23)28(36)37/h4-6,11-15,22-23,32H,7-10H2,1-3H3,(H,36,37)(H,33,34,35)/t14?,15?,22-,23-/m0/s1. The highest BCUT2D eigenvalue weighted by Crippen LogP contribution is 2.47. The first kappa shape index (κ1) is 23.8. The fourth-order valence-electron chi connectivity index (χ4n) is 6.50. The zero-order valence-corrected chi connectivity index (χ0v) is 21.1. The van der Waals surface area contributed by atoms with Crippen molar-refractivity contribution in [3.05, 3.63) is 53.7 Å². The number of fused-ring (bicyclic) bond motifs is 5. The van der Waals surface area contributed by atoms with E-state index in [4.69, 9.17) is 9.97 Å². The van der Waals surface area contributed by atoms with Crippen LogP contribution >= 0.6 is 0 Å². The van der Waals surface area contributed by atoms with Gasteiger partial charge in [-0.05, 0) is 60.6 Å². The van der Waals surface area contributed by atoms with E-state index in [0.29, 0.717) is 22.6 Å². The van der Waals surface area contributed by atoms with Gasteiger partial charge < -0.3 is 15.4 Å². The Morgan fingerprint density at radius 1 is 1.05 bits per heavy atom. The molecule has 0 amide bonds. The normalized spacial score (nSPS) is 23.6. The van der Waals surface area contributed by atoms with Crippen LogP contribution in [-0.2, 0) is 10.2 Å². The number of rotatable bonds is 4. The summed E-state index contributed by atoms with van der Waals surface area (Å²) in [6, 6.07) is 7.82. The number of hydrogen-bond acceptors (Lipinski definition) is 4. The molecule has 2 bridgehead atoms. The van der Waals surface area contributed by atoms with Crippen LogP contribution in [0.25, 0.3) is 33.2 Å². The Hall–Kier alpha value is -3.55. The van der Waals surface area contributed by atoms with Crippen LogP contribution in [0.3, 0.4) is 0 Å². The Kier molecular flexibility index (Phi) is 5.47. The summed E-state index contributed by atoms with van der Waals surface area (Å²) in [5.41, 5.74) is 2.20. The number of H-pyrrole nitrogens is 1. The summed E-state index contributed by atoms with van der Waals surface area (Å²) in [6.45, 7) is 6.31. The number of anilines is 1. The summed E-state index contributed by atoms with van der Waals surface area (Å²) >= 11 is 0. The molecule has 7 rings (SSSR count). The lowest BCUT2D eigenvalue weighted by Gasteiger charge is -2.47. The third-order valence-corrected chi connectivity index (χ3v) is 8.29. The van der Waals surface area contributed by atoms with Crippen molar-refractivity contribution in [2.45, 2.75) is 57.9 Å². The maximum Gasteiger partial charge on any atom is 0.308 e. The molecule has 4 aromatic rings. The van der Waals surface area contributed by atoms with Gasteiger partial charge in [0.2, 0.25) is 0 Å². The van der Waals surface area contributed by atoms with E-state index in [1.54, 1.807) is 6.20 Å². The topological polar surface area (TPSA) is 90.9 Å². The Morgan fingerprint density at radius 2 is 1.78 bits per heavy atom. The maximum absolute atomic E-state index is 14.5. The van der Waals surface area contributed by atoms with Gasteiger partial charge >= 0.3 is 5.97 Å². The van der Waals surface area contributed by atoms with Crippen LogP contribution in [0.15, 0.2) is 36.5 Å². The molecular weight excluding hydrogens is 474 g/mol. The van der Waals surface area contributed by atoms with Gasteiger partial charge in [-0.15, -0.1) is 0 Å². The van der Waals surface area contributed by atoms with Crippen LogP contribution in [0.2, 0.25) is 0 Å². The number of nitrogens with one attached hydrogen (secondary N) is 2. The highest BCUT2D eigenvalue weighted by molar-refractivity contribution is 5.98. The minimum Gasteiger partial charge on any atom is -0.481 e. The van der Waals surface area contributed by atoms with Gasteiger partial charge in [-0.2, -0.15) is 0 Å². The van der Waals surface area contributed by atoms with E-state index in [2.05, 4.69) is 31.1 Å². The molecule has 8 heteroatoms. The summed E-state index contributed by atoms with van der Waals surface area (Å²) in [7, 11) is 0. The monoisotopic (exact) mass is 504 g/mol. The molecule has 192 valence electrons. The maximum atomic E-state index is 14.5. The van der Waals surface area contributed by atoms with Crippen LogP contribution < -0.4 is 5.32 Å². The van der Waals surface area contributed by atoms with Gasteiger partial charge in [0.25, 0.3) is 0 Å². The molecule has 0 saturated heterocycles. The summed E-state index contributed by atoms with van der Waals surface area (Å²) in [5.74, 6) is -1.33. The van der Waals surface area contributed by atoms with Crippen LogP contribution in [0.1, 0.15) is 52.0 Å². The fourth-order valence-corrected chi connectivity index (χ4v) is 6.50. The molecule has 2 atom stereocenters. The zero-order chi connectivity index (χ0) is 26.1. The van der Waals surface area contributed by atoms with E-state index in [9.17, 15) is 18.7 Å². The van der Waals surface area contributed by atoms with Crippen LogP contribution in [0.4, 0.5) is 14.6 Å². The van der Waals surface area contributed by atoms with E-state index in [1.807, 2.05) is 18.2 Å². The molecule has 0 aliphatic heterocycles. The molecule has 0 radical (unpaired) electrons. The molecule has 3 N–H and O–H groups in total. The minimum atomic E-state index is -0.775. The molecule has 2 aromatic carbocycles. The van der Waals surface area contributed by atoms with Crippen LogP contribution in [0.5, 0.6) is 0 Å². The SMILES string of the molecule is CC(C)(C)c1cccc2c(N[C@H]3C4CCC(CC4)[C@@H]3C(=O)O)nc(-c3c[nH]c4c(F)cc(F)cc34)nc12. The fraction of sp³-hybridized carbons (Fsp3) is 0.414. The quantitative estimate of drug-likeness (QED) is 0.289. The molecule has 2 heterocycles. The van der Waals surface area contributed by atoms with Gasteiger partial charge in [0.05, 0.1) is 17.0 Å². The molecule has 0 spiro atoms. The van der Waals surface area contributed by atoms with Crippen molar-refractivity contribution in [2.24, 2.45) is 17.8 Å². The van der Waals surface area contributed by atoms with Crippen molar-refractivity contribution in [3.8, 4) is 11.4 Å².